The number of aryl methyl sites for hydroxylation is 1. The molecule has 1 heterocycles. The third-order valence-corrected chi connectivity index (χ3v) is 4.54. The maximum Gasteiger partial charge on any atom is 0.291 e. The maximum atomic E-state index is 12.4. The minimum atomic E-state index is -0.289. The van der Waals surface area contributed by atoms with Crippen molar-refractivity contribution in [2.75, 3.05) is 5.32 Å². The van der Waals surface area contributed by atoms with Gasteiger partial charge in [0.1, 0.15) is 5.76 Å². The van der Waals surface area contributed by atoms with Crippen molar-refractivity contribution >= 4 is 23.2 Å². The fraction of sp³-hybridized carbons (Fsp3) is 0.227. The fourth-order valence-corrected chi connectivity index (χ4v) is 3.00. The Balaban J connectivity index is 1.76. The van der Waals surface area contributed by atoms with Crippen LogP contribution in [-0.2, 0) is 5.41 Å². The molecule has 0 radical (unpaired) electrons. The van der Waals surface area contributed by atoms with Crippen LogP contribution in [0.1, 0.15) is 42.5 Å². The van der Waals surface area contributed by atoms with E-state index >= 15 is 0 Å². The van der Waals surface area contributed by atoms with E-state index in [-0.39, 0.29) is 17.1 Å². The second-order valence-electron chi connectivity index (χ2n) is 7.43. The van der Waals surface area contributed by atoms with E-state index < -0.39 is 0 Å². The first-order valence-electron chi connectivity index (χ1n) is 8.52. The summed E-state index contributed by atoms with van der Waals surface area (Å²) in [5.41, 5.74) is 3.86. The third-order valence-electron chi connectivity index (χ3n) is 4.23. The second kappa shape index (κ2) is 7.00. The Morgan fingerprint density at radius 3 is 2.31 bits per heavy atom. The number of carbonyl (C=O) groups is 1. The molecule has 0 unspecified atom stereocenters. The molecule has 1 N–H and O–H groups in total. The number of hydrogen-bond acceptors (Lipinski definition) is 2. The predicted molar refractivity (Wildman–Crippen MR) is 107 cm³/mol. The van der Waals surface area contributed by atoms with Crippen LogP contribution in [0.5, 0.6) is 0 Å². The Hall–Kier alpha value is -2.52. The highest BCUT2D eigenvalue weighted by molar-refractivity contribution is 6.33. The first kappa shape index (κ1) is 18.3. The van der Waals surface area contributed by atoms with Gasteiger partial charge in [-0.2, -0.15) is 0 Å². The number of amides is 1. The number of furan rings is 1. The van der Waals surface area contributed by atoms with Crippen LogP contribution in [-0.4, -0.2) is 5.91 Å². The lowest BCUT2D eigenvalue weighted by atomic mass is 9.87. The summed E-state index contributed by atoms with van der Waals surface area (Å²) in [6, 6.07) is 17.0. The summed E-state index contributed by atoms with van der Waals surface area (Å²) in [5.74, 6) is 0.530. The molecular formula is C22H22ClNO2. The summed E-state index contributed by atoms with van der Waals surface area (Å²) < 4.78 is 5.71. The summed E-state index contributed by atoms with van der Waals surface area (Å²) >= 11 is 6.27. The van der Waals surface area contributed by atoms with Gasteiger partial charge in [0.15, 0.2) is 5.76 Å². The van der Waals surface area contributed by atoms with Gasteiger partial charge in [0.25, 0.3) is 5.91 Å². The number of carbonyl (C=O) groups excluding carboxylic acids is 1. The second-order valence-corrected chi connectivity index (χ2v) is 7.84. The summed E-state index contributed by atoms with van der Waals surface area (Å²) in [6.07, 6.45) is 0. The van der Waals surface area contributed by atoms with Crippen LogP contribution in [0.3, 0.4) is 0 Å². The van der Waals surface area contributed by atoms with E-state index in [9.17, 15) is 4.79 Å². The molecule has 3 nitrogen and oxygen atoms in total. The van der Waals surface area contributed by atoms with Crippen LogP contribution in [0, 0.1) is 6.92 Å². The molecular weight excluding hydrogens is 346 g/mol. The molecule has 0 aliphatic heterocycles. The molecule has 0 fully saturated rings. The SMILES string of the molecule is Cc1ccc(-c2ccc(C(=O)Nc3ccc(C(C)(C)C)cc3)o2)c(Cl)c1. The normalized spacial score (nSPS) is 11.4. The average Bonchev–Trinajstić information content (AvgIpc) is 3.04. The zero-order valence-electron chi connectivity index (χ0n) is 15.4. The van der Waals surface area contributed by atoms with Crippen molar-refractivity contribution in [1.82, 2.24) is 0 Å². The van der Waals surface area contributed by atoms with E-state index in [1.807, 2.05) is 49.4 Å². The first-order chi connectivity index (χ1) is 12.2. The zero-order chi connectivity index (χ0) is 18.9. The van der Waals surface area contributed by atoms with Gasteiger partial charge in [-0.3, -0.25) is 4.79 Å². The molecule has 0 spiro atoms. The van der Waals surface area contributed by atoms with Gasteiger partial charge in [0, 0.05) is 11.3 Å². The topological polar surface area (TPSA) is 42.2 Å². The lowest BCUT2D eigenvalue weighted by Gasteiger charge is -2.19. The molecule has 2 aromatic carbocycles. The molecule has 1 amide bonds. The van der Waals surface area contributed by atoms with Crippen LogP contribution >= 0.6 is 11.6 Å². The van der Waals surface area contributed by atoms with Gasteiger partial charge >= 0.3 is 0 Å². The van der Waals surface area contributed by atoms with Crippen LogP contribution in [0.25, 0.3) is 11.3 Å². The van der Waals surface area contributed by atoms with Gasteiger partial charge in [-0.15, -0.1) is 0 Å². The van der Waals surface area contributed by atoms with Crippen LogP contribution in [0.4, 0.5) is 5.69 Å². The molecule has 0 saturated heterocycles. The predicted octanol–water partition coefficient (Wildman–Crippen LogP) is 6.46. The molecule has 0 atom stereocenters. The molecule has 3 rings (SSSR count). The summed E-state index contributed by atoms with van der Waals surface area (Å²) in [6.45, 7) is 8.44. The Morgan fingerprint density at radius 2 is 1.69 bits per heavy atom. The molecule has 3 aromatic rings. The summed E-state index contributed by atoms with van der Waals surface area (Å²) in [5, 5.41) is 3.46. The van der Waals surface area contributed by atoms with Gasteiger partial charge < -0.3 is 9.73 Å². The smallest absolute Gasteiger partial charge is 0.291 e. The Kier molecular flexibility index (Phi) is 4.92. The lowest BCUT2D eigenvalue weighted by molar-refractivity contribution is 0.0997. The number of anilines is 1. The van der Waals surface area contributed by atoms with E-state index in [0.717, 1.165) is 16.8 Å². The minimum absolute atomic E-state index is 0.0752. The van der Waals surface area contributed by atoms with Gasteiger partial charge in [-0.1, -0.05) is 50.6 Å². The quantitative estimate of drug-likeness (QED) is 0.577. The van der Waals surface area contributed by atoms with Gasteiger partial charge in [0.05, 0.1) is 5.02 Å². The lowest BCUT2D eigenvalue weighted by Crippen LogP contribution is -2.13. The average molecular weight is 368 g/mol. The van der Waals surface area contributed by atoms with Crippen molar-refractivity contribution in [3.05, 3.63) is 76.5 Å². The van der Waals surface area contributed by atoms with E-state index in [2.05, 4.69) is 26.1 Å². The summed E-state index contributed by atoms with van der Waals surface area (Å²) in [7, 11) is 0. The maximum absolute atomic E-state index is 12.4. The largest absolute Gasteiger partial charge is 0.451 e. The van der Waals surface area contributed by atoms with E-state index in [0.29, 0.717) is 10.8 Å². The highest BCUT2D eigenvalue weighted by atomic mass is 35.5. The number of nitrogens with one attached hydrogen (secondary N) is 1. The number of hydrogen-bond donors (Lipinski definition) is 1. The number of halogens is 1. The van der Waals surface area contributed by atoms with Crippen molar-refractivity contribution < 1.29 is 9.21 Å². The van der Waals surface area contributed by atoms with E-state index in [1.165, 1.54) is 5.56 Å². The van der Waals surface area contributed by atoms with Crippen molar-refractivity contribution in [3.8, 4) is 11.3 Å². The van der Waals surface area contributed by atoms with E-state index in [1.54, 1.807) is 12.1 Å². The molecule has 1 aromatic heterocycles. The minimum Gasteiger partial charge on any atom is -0.451 e. The Bertz CT molecular complexity index is 934. The monoisotopic (exact) mass is 367 g/mol. The number of benzene rings is 2. The van der Waals surface area contributed by atoms with Gasteiger partial charge in [0.2, 0.25) is 0 Å². The van der Waals surface area contributed by atoms with Crippen molar-refractivity contribution in [2.45, 2.75) is 33.1 Å². The summed E-state index contributed by atoms with van der Waals surface area (Å²) in [4.78, 5) is 12.4. The highest BCUT2D eigenvalue weighted by Gasteiger charge is 2.16. The van der Waals surface area contributed by atoms with Gasteiger partial charge in [-0.25, -0.2) is 0 Å². The van der Waals surface area contributed by atoms with Crippen LogP contribution < -0.4 is 5.32 Å². The van der Waals surface area contributed by atoms with Crippen LogP contribution in [0.15, 0.2) is 59.0 Å². The Morgan fingerprint density at radius 1 is 1.00 bits per heavy atom. The zero-order valence-corrected chi connectivity index (χ0v) is 16.1. The Labute approximate surface area is 159 Å². The van der Waals surface area contributed by atoms with Crippen molar-refractivity contribution in [1.29, 1.82) is 0 Å². The standard InChI is InChI=1S/C22H22ClNO2/c1-14-5-10-17(18(23)13-14)19-11-12-20(26-19)21(25)24-16-8-6-15(7-9-16)22(2,3)4/h5-13H,1-4H3,(H,24,25). The highest BCUT2D eigenvalue weighted by Crippen LogP contribution is 2.30. The molecule has 0 bridgehead atoms. The molecule has 0 aliphatic carbocycles. The molecule has 26 heavy (non-hydrogen) atoms. The molecule has 4 heteroatoms. The van der Waals surface area contributed by atoms with Crippen molar-refractivity contribution in [2.24, 2.45) is 0 Å². The number of rotatable bonds is 3. The molecule has 134 valence electrons. The molecule has 0 saturated carbocycles. The van der Waals surface area contributed by atoms with Crippen molar-refractivity contribution in [3.63, 3.8) is 0 Å². The molecule has 0 aliphatic rings. The van der Waals surface area contributed by atoms with Crippen LogP contribution in [0.2, 0.25) is 5.02 Å². The fourth-order valence-electron chi connectivity index (χ4n) is 2.67. The first-order valence-corrected chi connectivity index (χ1v) is 8.90. The van der Waals surface area contributed by atoms with Gasteiger partial charge in [-0.05, 0) is 59.9 Å². The van der Waals surface area contributed by atoms with E-state index in [4.69, 9.17) is 16.0 Å². The third kappa shape index (κ3) is 4.00.